The van der Waals surface area contributed by atoms with E-state index in [4.69, 9.17) is 25.7 Å². The molecule has 4 aromatic carbocycles. The fraction of sp³-hybridized carbons (Fsp3) is 0.0323. The zero-order valence-corrected chi connectivity index (χ0v) is 21.6. The minimum Gasteiger partial charge on any atom is -0.488 e. The number of fused-ring (bicyclic) bond motifs is 2. The second kappa shape index (κ2) is 10.5. The van der Waals surface area contributed by atoms with E-state index >= 15 is 0 Å². The first-order valence-corrected chi connectivity index (χ1v) is 12.6. The summed E-state index contributed by atoms with van der Waals surface area (Å²) in [5, 5.41) is 15.5. The molecule has 0 unspecified atom stereocenters. The molecule has 0 aliphatic rings. The summed E-state index contributed by atoms with van der Waals surface area (Å²) in [7, 11) is 0. The number of carboxylic acids is 1. The molecule has 0 radical (unpaired) electrons. The number of carboxylic acid groups (broad SMARTS) is 1. The van der Waals surface area contributed by atoms with Gasteiger partial charge in [-0.3, -0.25) is 4.79 Å². The van der Waals surface area contributed by atoms with Crippen LogP contribution in [0.2, 0.25) is 5.02 Å². The van der Waals surface area contributed by atoms with Crippen molar-refractivity contribution in [1.82, 2.24) is 9.66 Å². The molecule has 9 heteroatoms. The first-order chi connectivity index (χ1) is 19.5. The first kappa shape index (κ1) is 25.1. The number of ether oxygens (including phenoxy) is 1. The Bertz CT molecular complexity index is 1960. The van der Waals surface area contributed by atoms with Gasteiger partial charge < -0.3 is 14.3 Å². The molecule has 0 saturated heterocycles. The van der Waals surface area contributed by atoms with Gasteiger partial charge in [-0.1, -0.05) is 54.1 Å². The fourth-order valence-electron chi connectivity index (χ4n) is 4.31. The Balaban J connectivity index is 1.41. The van der Waals surface area contributed by atoms with Gasteiger partial charge in [0.05, 0.1) is 22.7 Å². The highest BCUT2D eigenvalue weighted by Gasteiger charge is 2.16. The maximum Gasteiger partial charge on any atom is 0.335 e. The van der Waals surface area contributed by atoms with Crippen molar-refractivity contribution in [3.05, 3.63) is 129 Å². The van der Waals surface area contributed by atoms with Gasteiger partial charge in [-0.05, 0) is 60.2 Å². The number of benzene rings is 4. The Kier molecular flexibility index (Phi) is 6.59. The second-order valence-corrected chi connectivity index (χ2v) is 9.38. The van der Waals surface area contributed by atoms with Gasteiger partial charge >= 0.3 is 5.97 Å². The number of furan rings is 1. The molecule has 0 atom stereocenters. The molecule has 40 heavy (non-hydrogen) atoms. The molecule has 1 N–H and O–H groups in total. The van der Waals surface area contributed by atoms with E-state index in [2.05, 4.69) is 5.10 Å². The molecular weight excluding hydrogens is 530 g/mol. The highest BCUT2D eigenvalue weighted by molar-refractivity contribution is 6.30. The zero-order chi connectivity index (χ0) is 27.6. The van der Waals surface area contributed by atoms with E-state index in [0.717, 1.165) is 5.39 Å². The Morgan fingerprint density at radius 1 is 1.00 bits per heavy atom. The van der Waals surface area contributed by atoms with Gasteiger partial charge in [-0.15, -0.1) is 0 Å². The van der Waals surface area contributed by atoms with Crippen LogP contribution < -0.4 is 10.3 Å². The number of para-hydroxylation sites is 2. The molecule has 0 amide bonds. The molecule has 2 aromatic heterocycles. The van der Waals surface area contributed by atoms with Gasteiger partial charge in [0.25, 0.3) is 5.56 Å². The summed E-state index contributed by atoms with van der Waals surface area (Å²) in [6, 6.07) is 27.9. The Hall–Kier alpha value is -5.21. The van der Waals surface area contributed by atoms with Crippen molar-refractivity contribution in [2.24, 2.45) is 5.10 Å². The van der Waals surface area contributed by atoms with Crippen LogP contribution in [-0.2, 0) is 6.61 Å². The lowest BCUT2D eigenvalue weighted by molar-refractivity contribution is 0.0696. The van der Waals surface area contributed by atoms with E-state index in [1.807, 2.05) is 36.4 Å². The number of halogens is 1. The van der Waals surface area contributed by atoms with E-state index in [1.165, 1.54) is 17.0 Å². The van der Waals surface area contributed by atoms with Gasteiger partial charge in [0.2, 0.25) is 5.82 Å². The summed E-state index contributed by atoms with van der Waals surface area (Å²) in [6.07, 6.45) is 1.47. The van der Waals surface area contributed by atoms with E-state index in [1.54, 1.807) is 54.6 Å². The largest absolute Gasteiger partial charge is 0.488 e. The van der Waals surface area contributed by atoms with Gasteiger partial charge in [0, 0.05) is 16.0 Å². The maximum absolute atomic E-state index is 13.6. The molecule has 6 rings (SSSR count). The average molecular weight is 550 g/mol. The maximum atomic E-state index is 13.6. The minimum absolute atomic E-state index is 0.116. The Morgan fingerprint density at radius 3 is 2.67 bits per heavy atom. The van der Waals surface area contributed by atoms with Crippen LogP contribution in [0.5, 0.6) is 5.75 Å². The van der Waals surface area contributed by atoms with Crippen LogP contribution in [0.3, 0.4) is 0 Å². The molecule has 6 aromatic rings. The van der Waals surface area contributed by atoms with Gasteiger partial charge in [-0.2, -0.15) is 9.78 Å². The van der Waals surface area contributed by atoms with Crippen molar-refractivity contribution in [3.8, 4) is 17.3 Å². The van der Waals surface area contributed by atoms with Crippen LogP contribution in [0.15, 0.2) is 111 Å². The van der Waals surface area contributed by atoms with Crippen LogP contribution in [0.4, 0.5) is 0 Å². The monoisotopic (exact) mass is 549 g/mol. The molecule has 0 saturated carbocycles. The van der Waals surface area contributed by atoms with Crippen molar-refractivity contribution in [2.75, 3.05) is 0 Å². The van der Waals surface area contributed by atoms with Gasteiger partial charge in [0.1, 0.15) is 17.9 Å². The van der Waals surface area contributed by atoms with Crippen LogP contribution in [0.1, 0.15) is 21.5 Å². The first-order valence-electron chi connectivity index (χ1n) is 12.3. The number of nitrogens with zero attached hydrogens (tertiary/aromatic N) is 3. The van der Waals surface area contributed by atoms with E-state index in [0.29, 0.717) is 44.1 Å². The molecule has 0 spiro atoms. The van der Waals surface area contributed by atoms with Crippen molar-refractivity contribution in [2.45, 2.75) is 6.61 Å². The predicted molar refractivity (Wildman–Crippen MR) is 153 cm³/mol. The molecule has 196 valence electrons. The summed E-state index contributed by atoms with van der Waals surface area (Å²) >= 11 is 6.27. The topological polar surface area (TPSA) is 107 Å². The predicted octanol–water partition coefficient (Wildman–Crippen LogP) is 6.62. The summed E-state index contributed by atoms with van der Waals surface area (Å²) in [5.41, 5.74) is 2.17. The number of hydrogen-bond donors (Lipinski definition) is 1. The van der Waals surface area contributed by atoms with E-state index in [9.17, 15) is 14.7 Å². The van der Waals surface area contributed by atoms with Crippen molar-refractivity contribution >= 4 is 45.7 Å². The third-order valence-corrected chi connectivity index (χ3v) is 6.49. The lowest BCUT2D eigenvalue weighted by atomic mass is 10.1. The van der Waals surface area contributed by atoms with E-state index in [-0.39, 0.29) is 23.6 Å². The zero-order valence-electron chi connectivity index (χ0n) is 20.8. The minimum atomic E-state index is -1.02. The molecular formula is C31H20ClN3O5. The summed E-state index contributed by atoms with van der Waals surface area (Å²) in [5.74, 6) is 0.0602. The molecule has 0 aliphatic heterocycles. The van der Waals surface area contributed by atoms with E-state index < -0.39 is 5.97 Å². The van der Waals surface area contributed by atoms with Crippen molar-refractivity contribution < 1.29 is 19.1 Å². The number of aromatic nitrogens is 2. The molecule has 0 bridgehead atoms. The average Bonchev–Trinajstić information content (AvgIpc) is 3.40. The lowest BCUT2D eigenvalue weighted by Gasteiger charge is -2.11. The quantitative estimate of drug-likeness (QED) is 0.224. The number of rotatable bonds is 7. The summed E-state index contributed by atoms with van der Waals surface area (Å²) in [6.45, 7) is 0.116. The third-order valence-electron chi connectivity index (χ3n) is 6.25. The second-order valence-electron chi connectivity index (χ2n) is 8.94. The highest BCUT2D eigenvalue weighted by Crippen LogP contribution is 2.28. The smallest absolute Gasteiger partial charge is 0.335 e. The molecule has 0 fully saturated rings. The van der Waals surface area contributed by atoms with Crippen LogP contribution in [0, 0.1) is 0 Å². The van der Waals surface area contributed by atoms with Crippen molar-refractivity contribution in [3.63, 3.8) is 0 Å². The van der Waals surface area contributed by atoms with Crippen molar-refractivity contribution in [1.29, 1.82) is 0 Å². The Morgan fingerprint density at radius 2 is 1.82 bits per heavy atom. The molecule has 8 nitrogen and oxygen atoms in total. The van der Waals surface area contributed by atoms with Crippen LogP contribution in [0.25, 0.3) is 33.5 Å². The Labute approximate surface area is 232 Å². The lowest BCUT2D eigenvalue weighted by Crippen LogP contribution is -2.20. The molecule has 0 aliphatic carbocycles. The fourth-order valence-corrected chi connectivity index (χ4v) is 4.49. The highest BCUT2D eigenvalue weighted by atomic mass is 35.5. The normalized spacial score (nSPS) is 11.4. The third kappa shape index (κ3) is 4.95. The van der Waals surface area contributed by atoms with Gasteiger partial charge in [0.15, 0.2) is 5.76 Å². The number of aromatic carboxylic acids is 1. The summed E-state index contributed by atoms with van der Waals surface area (Å²) < 4.78 is 13.2. The molecule has 2 heterocycles. The SMILES string of the molecule is O=C(O)c1cccc(COc2ccc(Cl)cc2C=Nn2c(-c3cc4ccccc4o3)nc3ccccc3c2=O)c1. The van der Waals surface area contributed by atoms with Gasteiger partial charge in [-0.25, -0.2) is 9.78 Å². The number of hydrogen-bond acceptors (Lipinski definition) is 6. The number of carbonyl (C=O) groups is 1. The summed E-state index contributed by atoms with van der Waals surface area (Å²) in [4.78, 5) is 29.6. The standard InChI is InChI=1S/C31H20ClN3O5/c32-23-12-13-26(39-18-19-6-5-8-21(14-19)31(37)38)22(15-23)17-33-35-29(28-16-20-7-1-4-11-27(20)40-28)34-25-10-3-2-9-24(25)30(35)36/h1-17H,18H2,(H,37,38). The van der Waals surface area contributed by atoms with Crippen LogP contribution >= 0.6 is 11.6 Å². The van der Waals surface area contributed by atoms with Crippen LogP contribution in [-0.4, -0.2) is 27.0 Å².